The maximum absolute atomic E-state index is 5.65. The lowest BCUT2D eigenvalue weighted by Gasteiger charge is -2.26. The molecule has 0 aromatic rings. The van der Waals surface area contributed by atoms with Gasteiger partial charge in [0.1, 0.15) is 0 Å². The van der Waals surface area contributed by atoms with Crippen LogP contribution in [-0.4, -0.2) is 43.8 Å². The van der Waals surface area contributed by atoms with Crippen molar-refractivity contribution in [3.63, 3.8) is 0 Å². The summed E-state index contributed by atoms with van der Waals surface area (Å²) in [4.78, 5) is 2.41. The normalized spacial score (nSPS) is 19.8. The molecule has 0 saturated carbocycles. The fourth-order valence-corrected chi connectivity index (χ4v) is 1.21. The van der Waals surface area contributed by atoms with Gasteiger partial charge in [0.15, 0.2) is 0 Å². The Hall–Kier alpha value is 0.460. The molecule has 1 rings (SSSR count). The monoisotopic (exact) mass is 230 g/mol. The van der Waals surface area contributed by atoms with Crippen LogP contribution in [0.15, 0.2) is 0 Å². The van der Waals surface area contributed by atoms with Gasteiger partial charge in [-0.15, -0.1) is 24.8 Å². The highest BCUT2D eigenvalue weighted by Crippen LogP contribution is 1.98. The van der Waals surface area contributed by atoms with Crippen molar-refractivity contribution in [1.29, 1.82) is 0 Å². The van der Waals surface area contributed by atoms with Gasteiger partial charge in [-0.1, -0.05) is 0 Å². The lowest BCUT2D eigenvalue weighted by Crippen LogP contribution is -2.38. The van der Waals surface area contributed by atoms with Gasteiger partial charge in [-0.05, 0) is 19.9 Å². The van der Waals surface area contributed by atoms with E-state index in [1.807, 2.05) is 0 Å². The first-order valence-corrected chi connectivity index (χ1v) is 4.34. The van der Waals surface area contributed by atoms with Crippen LogP contribution >= 0.6 is 24.8 Å². The molecule has 0 aromatic heterocycles. The minimum Gasteiger partial charge on any atom is -0.379 e. The Balaban J connectivity index is 0. The van der Waals surface area contributed by atoms with Gasteiger partial charge < -0.3 is 10.5 Å². The van der Waals surface area contributed by atoms with Crippen LogP contribution in [-0.2, 0) is 4.74 Å². The van der Waals surface area contributed by atoms with Gasteiger partial charge >= 0.3 is 0 Å². The minimum atomic E-state index is 0. The van der Waals surface area contributed by atoms with Crippen LogP contribution < -0.4 is 5.73 Å². The van der Waals surface area contributed by atoms with Crippen LogP contribution in [0, 0.1) is 0 Å². The predicted octanol–water partition coefficient (Wildman–Crippen LogP) is 0.900. The molecule has 1 aliphatic rings. The second-order valence-corrected chi connectivity index (χ2v) is 3.22. The van der Waals surface area contributed by atoms with E-state index in [4.69, 9.17) is 10.5 Å². The zero-order valence-corrected chi connectivity index (χ0v) is 9.70. The van der Waals surface area contributed by atoms with Crippen LogP contribution in [0.1, 0.15) is 13.3 Å². The highest BCUT2D eigenvalue weighted by Gasteiger charge is 2.09. The Morgan fingerprint density at radius 3 is 2.31 bits per heavy atom. The Bertz CT molecular complexity index is 108. The summed E-state index contributed by atoms with van der Waals surface area (Å²) in [7, 11) is 0. The summed E-state index contributed by atoms with van der Waals surface area (Å²) >= 11 is 0. The van der Waals surface area contributed by atoms with Crippen molar-refractivity contribution >= 4 is 24.8 Å². The van der Waals surface area contributed by atoms with Crippen molar-refractivity contribution in [3.8, 4) is 0 Å². The van der Waals surface area contributed by atoms with Gasteiger partial charge in [-0.3, -0.25) is 4.90 Å². The lowest BCUT2D eigenvalue weighted by molar-refractivity contribution is 0.0368. The summed E-state index contributed by atoms with van der Waals surface area (Å²) in [5.41, 5.74) is 5.65. The zero-order valence-electron chi connectivity index (χ0n) is 8.07. The fraction of sp³-hybridized carbons (Fsp3) is 1.00. The molecule has 2 N–H and O–H groups in total. The number of hydrogen-bond donors (Lipinski definition) is 1. The summed E-state index contributed by atoms with van der Waals surface area (Å²) in [5, 5.41) is 0. The van der Waals surface area contributed by atoms with Gasteiger partial charge in [0.25, 0.3) is 0 Å². The fourth-order valence-electron chi connectivity index (χ4n) is 1.21. The molecule has 82 valence electrons. The average molecular weight is 231 g/mol. The largest absolute Gasteiger partial charge is 0.379 e. The maximum Gasteiger partial charge on any atom is 0.0594 e. The highest BCUT2D eigenvalue weighted by molar-refractivity contribution is 5.85. The Morgan fingerprint density at radius 2 is 1.85 bits per heavy atom. The number of morpholine rings is 1. The number of rotatable bonds is 3. The van der Waals surface area contributed by atoms with Crippen molar-refractivity contribution in [1.82, 2.24) is 4.90 Å². The van der Waals surface area contributed by atoms with E-state index in [-0.39, 0.29) is 24.8 Å². The number of nitrogens with two attached hydrogens (primary N) is 1. The summed E-state index contributed by atoms with van der Waals surface area (Å²) in [6.45, 7) is 7.11. The van der Waals surface area contributed by atoms with Gasteiger partial charge in [0.2, 0.25) is 0 Å². The SMILES string of the molecule is CC(N)CCN1CCOCC1.Cl.Cl. The molecule has 13 heavy (non-hydrogen) atoms. The molecular weight excluding hydrogens is 211 g/mol. The maximum atomic E-state index is 5.65. The second kappa shape index (κ2) is 9.03. The van der Waals surface area contributed by atoms with E-state index >= 15 is 0 Å². The molecule has 1 fully saturated rings. The van der Waals surface area contributed by atoms with Crippen LogP contribution in [0.2, 0.25) is 0 Å². The first-order valence-electron chi connectivity index (χ1n) is 4.34. The van der Waals surface area contributed by atoms with Gasteiger partial charge in [0.05, 0.1) is 13.2 Å². The van der Waals surface area contributed by atoms with Crippen LogP contribution in [0.5, 0.6) is 0 Å². The second-order valence-electron chi connectivity index (χ2n) is 3.22. The molecule has 1 unspecified atom stereocenters. The quantitative estimate of drug-likeness (QED) is 0.784. The number of hydrogen-bond acceptors (Lipinski definition) is 3. The summed E-state index contributed by atoms with van der Waals surface area (Å²) < 4.78 is 5.23. The smallest absolute Gasteiger partial charge is 0.0594 e. The van der Waals surface area contributed by atoms with Crippen molar-refractivity contribution in [2.45, 2.75) is 19.4 Å². The van der Waals surface area contributed by atoms with E-state index in [0.29, 0.717) is 6.04 Å². The molecule has 0 amide bonds. The number of ether oxygens (including phenoxy) is 1. The minimum absolute atomic E-state index is 0. The molecule has 0 aliphatic carbocycles. The van der Waals surface area contributed by atoms with Crippen molar-refractivity contribution in [2.75, 3.05) is 32.8 Å². The zero-order chi connectivity index (χ0) is 8.10. The first-order chi connectivity index (χ1) is 5.29. The molecule has 0 aromatic carbocycles. The van der Waals surface area contributed by atoms with E-state index in [9.17, 15) is 0 Å². The summed E-state index contributed by atoms with van der Waals surface area (Å²) in [6, 6.07) is 0.331. The van der Waals surface area contributed by atoms with E-state index in [1.54, 1.807) is 0 Å². The van der Waals surface area contributed by atoms with Crippen molar-refractivity contribution in [2.24, 2.45) is 5.73 Å². The molecule has 1 aliphatic heterocycles. The Kier molecular flexibility index (Phi) is 11.1. The number of nitrogens with zero attached hydrogens (tertiary/aromatic N) is 1. The molecule has 3 nitrogen and oxygen atoms in total. The third-order valence-electron chi connectivity index (χ3n) is 2.00. The predicted molar refractivity (Wildman–Crippen MR) is 60.0 cm³/mol. The molecule has 1 saturated heterocycles. The molecule has 0 bridgehead atoms. The molecule has 0 spiro atoms. The van der Waals surface area contributed by atoms with Gasteiger partial charge in [0, 0.05) is 19.1 Å². The van der Waals surface area contributed by atoms with Crippen LogP contribution in [0.3, 0.4) is 0 Å². The van der Waals surface area contributed by atoms with E-state index in [0.717, 1.165) is 39.3 Å². The highest BCUT2D eigenvalue weighted by atomic mass is 35.5. The number of halogens is 2. The van der Waals surface area contributed by atoms with Gasteiger partial charge in [-0.25, -0.2) is 0 Å². The van der Waals surface area contributed by atoms with E-state index in [2.05, 4.69) is 11.8 Å². The molecule has 5 heteroatoms. The van der Waals surface area contributed by atoms with Crippen LogP contribution in [0.25, 0.3) is 0 Å². The Labute approximate surface area is 92.8 Å². The average Bonchev–Trinajstić information content (AvgIpc) is 2.03. The Morgan fingerprint density at radius 1 is 1.31 bits per heavy atom. The summed E-state index contributed by atoms with van der Waals surface area (Å²) in [5.74, 6) is 0. The van der Waals surface area contributed by atoms with E-state index in [1.165, 1.54) is 0 Å². The lowest BCUT2D eigenvalue weighted by atomic mass is 10.2. The summed E-state index contributed by atoms with van der Waals surface area (Å²) in [6.07, 6.45) is 1.10. The topological polar surface area (TPSA) is 38.5 Å². The van der Waals surface area contributed by atoms with Crippen molar-refractivity contribution in [3.05, 3.63) is 0 Å². The molecule has 1 heterocycles. The standard InChI is InChI=1S/C8H18N2O.2ClH/c1-8(9)2-3-10-4-6-11-7-5-10;;/h8H,2-7,9H2,1H3;2*1H. The third kappa shape index (κ3) is 7.52. The van der Waals surface area contributed by atoms with Gasteiger partial charge in [-0.2, -0.15) is 0 Å². The van der Waals surface area contributed by atoms with E-state index < -0.39 is 0 Å². The third-order valence-corrected chi connectivity index (χ3v) is 2.00. The molecule has 1 atom stereocenters. The van der Waals surface area contributed by atoms with Crippen molar-refractivity contribution < 1.29 is 4.74 Å². The molecule has 0 radical (unpaired) electrons. The van der Waals surface area contributed by atoms with Crippen LogP contribution in [0.4, 0.5) is 0 Å². The first kappa shape index (κ1) is 15.9. The molecular formula is C8H20Cl2N2O.